The van der Waals surface area contributed by atoms with Crippen LogP contribution in [-0.4, -0.2) is 9.97 Å². The minimum absolute atomic E-state index is 0.525. The molecule has 0 aliphatic heterocycles. The highest BCUT2D eigenvalue weighted by atomic mass is 15.1. The van der Waals surface area contributed by atoms with Crippen LogP contribution in [0.15, 0.2) is 54.6 Å². The molecule has 2 aromatic carbocycles. The van der Waals surface area contributed by atoms with E-state index in [2.05, 4.69) is 89.9 Å². The molecular weight excluding hydrogens is 320 g/mol. The number of nitrogens with zero attached hydrogens (tertiary/aromatic N) is 2. The number of benzene rings is 2. The van der Waals surface area contributed by atoms with Gasteiger partial charge >= 0.3 is 0 Å². The van der Waals surface area contributed by atoms with Crippen LogP contribution in [0.1, 0.15) is 42.1 Å². The number of hydrogen-bond acceptors (Lipinski definition) is 4. The molecular formula is C22H26N4. The van der Waals surface area contributed by atoms with Crippen molar-refractivity contribution in [3.05, 3.63) is 77.0 Å². The molecule has 2 N–H and O–H groups in total. The smallest absolute Gasteiger partial charge is 0.229 e. The van der Waals surface area contributed by atoms with Gasteiger partial charge in [0.1, 0.15) is 5.82 Å². The van der Waals surface area contributed by atoms with Crippen LogP contribution in [0.3, 0.4) is 0 Å². The van der Waals surface area contributed by atoms with Gasteiger partial charge in [0.05, 0.1) is 0 Å². The lowest BCUT2D eigenvalue weighted by Gasteiger charge is -2.11. The highest BCUT2D eigenvalue weighted by molar-refractivity contribution is 5.56. The molecule has 1 heterocycles. The first-order chi connectivity index (χ1) is 12.5. The number of nitrogens with one attached hydrogen (secondary N) is 2. The molecule has 26 heavy (non-hydrogen) atoms. The second-order valence-electron chi connectivity index (χ2n) is 6.96. The molecule has 0 amide bonds. The number of aryl methyl sites for hydroxylation is 2. The number of rotatable bonds is 6. The van der Waals surface area contributed by atoms with E-state index < -0.39 is 0 Å². The minimum Gasteiger partial charge on any atom is -0.366 e. The largest absolute Gasteiger partial charge is 0.366 e. The Kier molecular flexibility index (Phi) is 5.52. The maximum Gasteiger partial charge on any atom is 0.229 e. The van der Waals surface area contributed by atoms with E-state index in [1.54, 1.807) is 0 Å². The summed E-state index contributed by atoms with van der Waals surface area (Å²) in [6.45, 7) is 9.20. The third kappa shape index (κ3) is 4.82. The Bertz CT molecular complexity index is 870. The Morgan fingerprint density at radius 3 is 2.38 bits per heavy atom. The van der Waals surface area contributed by atoms with Gasteiger partial charge in [0, 0.05) is 24.0 Å². The summed E-state index contributed by atoms with van der Waals surface area (Å²) in [5.41, 5.74) is 5.73. The molecule has 0 saturated carbocycles. The van der Waals surface area contributed by atoms with Crippen molar-refractivity contribution >= 4 is 17.5 Å². The standard InChI is InChI=1S/C22H26N4/c1-15(2)19-8-10-20(11-9-19)25-22-24-17(4)13-21(26-22)23-14-18-7-5-6-16(3)12-18/h5-13,15H,14H2,1-4H3,(H2,23,24,25,26). The van der Waals surface area contributed by atoms with E-state index in [0.717, 1.165) is 23.7 Å². The van der Waals surface area contributed by atoms with Gasteiger partial charge in [0.15, 0.2) is 0 Å². The molecule has 1 aromatic heterocycles. The molecule has 4 nitrogen and oxygen atoms in total. The summed E-state index contributed by atoms with van der Waals surface area (Å²) >= 11 is 0. The van der Waals surface area contributed by atoms with Crippen LogP contribution >= 0.6 is 0 Å². The van der Waals surface area contributed by atoms with Gasteiger partial charge in [-0.15, -0.1) is 0 Å². The van der Waals surface area contributed by atoms with Crippen molar-refractivity contribution in [2.45, 2.75) is 40.2 Å². The zero-order chi connectivity index (χ0) is 18.5. The normalized spacial score (nSPS) is 10.8. The molecule has 4 heteroatoms. The highest BCUT2D eigenvalue weighted by Crippen LogP contribution is 2.20. The van der Waals surface area contributed by atoms with E-state index in [-0.39, 0.29) is 0 Å². The quantitative estimate of drug-likeness (QED) is 0.612. The Morgan fingerprint density at radius 1 is 0.923 bits per heavy atom. The lowest BCUT2D eigenvalue weighted by Crippen LogP contribution is -2.05. The van der Waals surface area contributed by atoms with Crippen molar-refractivity contribution in [2.75, 3.05) is 10.6 Å². The lowest BCUT2D eigenvalue weighted by atomic mass is 10.0. The second kappa shape index (κ2) is 8.00. The summed E-state index contributed by atoms with van der Waals surface area (Å²) in [7, 11) is 0. The third-order valence-electron chi connectivity index (χ3n) is 4.24. The Hall–Kier alpha value is -2.88. The topological polar surface area (TPSA) is 49.8 Å². The first kappa shape index (κ1) is 17.9. The van der Waals surface area contributed by atoms with Crippen LogP contribution in [0.2, 0.25) is 0 Å². The van der Waals surface area contributed by atoms with Gasteiger partial charge in [-0.3, -0.25) is 0 Å². The lowest BCUT2D eigenvalue weighted by molar-refractivity contribution is 0.867. The van der Waals surface area contributed by atoms with E-state index in [4.69, 9.17) is 0 Å². The van der Waals surface area contributed by atoms with Crippen molar-refractivity contribution in [3.63, 3.8) is 0 Å². The zero-order valence-corrected chi connectivity index (χ0v) is 15.9. The van der Waals surface area contributed by atoms with Crippen molar-refractivity contribution < 1.29 is 0 Å². The van der Waals surface area contributed by atoms with Crippen LogP contribution in [0.5, 0.6) is 0 Å². The summed E-state index contributed by atoms with van der Waals surface area (Å²) < 4.78 is 0. The summed E-state index contributed by atoms with van der Waals surface area (Å²) in [4.78, 5) is 9.08. The third-order valence-corrected chi connectivity index (χ3v) is 4.24. The molecule has 0 bridgehead atoms. The Balaban J connectivity index is 1.70. The maximum atomic E-state index is 4.59. The highest BCUT2D eigenvalue weighted by Gasteiger charge is 2.04. The second-order valence-corrected chi connectivity index (χ2v) is 6.96. The summed E-state index contributed by atoms with van der Waals surface area (Å²) in [5, 5.41) is 6.68. The van der Waals surface area contributed by atoms with Gasteiger partial charge in [0.25, 0.3) is 0 Å². The first-order valence-corrected chi connectivity index (χ1v) is 9.01. The Morgan fingerprint density at radius 2 is 1.69 bits per heavy atom. The van der Waals surface area contributed by atoms with Crippen LogP contribution in [0.25, 0.3) is 0 Å². The van der Waals surface area contributed by atoms with Crippen molar-refractivity contribution in [2.24, 2.45) is 0 Å². The molecule has 3 aromatic rings. The van der Waals surface area contributed by atoms with Crippen LogP contribution < -0.4 is 10.6 Å². The number of hydrogen-bond donors (Lipinski definition) is 2. The maximum absolute atomic E-state index is 4.59. The van der Waals surface area contributed by atoms with Crippen molar-refractivity contribution in [1.82, 2.24) is 9.97 Å². The predicted molar refractivity (Wildman–Crippen MR) is 109 cm³/mol. The van der Waals surface area contributed by atoms with Crippen molar-refractivity contribution in [3.8, 4) is 0 Å². The molecule has 0 aliphatic rings. The zero-order valence-electron chi connectivity index (χ0n) is 15.9. The summed E-state index contributed by atoms with van der Waals surface area (Å²) in [6.07, 6.45) is 0. The van der Waals surface area contributed by atoms with E-state index in [9.17, 15) is 0 Å². The van der Waals surface area contributed by atoms with Gasteiger partial charge in [-0.05, 0) is 43.0 Å². The van der Waals surface area contributed by atoms with E-state index >= 15 is 0 Å². The summed E-state index contributed by atoms with van der Waals surface area (Å²) in [5.74, 6) is 1.95. The molecule has 0 aliphatic carbocycles. The molecule has 134 valence electrons. The number of anilines is 3. The fourth-order valence-electron chi connectivity index (χ4n) is 2.81. The fourth-order valence-corrected chi connectivity index (χ4v) is 2.81. The molecule has 0 atom stereocenters. The van der Waals surface area contributed by atoms with Crippen LogP contribution in [0.4, 0.5) is 17.5 Å². The average molecular weight is 346 g/mol. The SMILES string of the molecule is Cc1cccc(CNc2cc(C)nc(Nc3ccc(C(C)C)cc3)n2)c1. The first-order valence-electron chi connectivity index (χ1n) is 9.01. The van der Waals surface area contributed by atoms with Gasteiger partial charge in [0.2, 0.25) is 5.95 Å². The molecule has 0 saturated heterocycles. The minimum atomic E-state index is 0.525. The van der Waals surface area contributed by atoms with E-state index in [1.807, 2.05) is 13.0 Å². The monoisotopic (exact) mass is 346 g/mol. The molecule has 0 radical (unpaired) electrons. The molecule has 0 spiro atoms. The van der Waals surface area contributed by atoms with E-state index in [1.165, 1.54) is 16.7 Å². The number of aromatic nitrogens is 2. The Labute approximate surface area is 155 Å². The van der Waals surface area contributed by atoms with Crippen molar-refractivity contribution in [1.29, 1.82) is 0 Å². The molecule has 0 unspecified atom stereocenters. The molecule has 3 rings (SSSR count). The van der Waals surface area contributed by atoms with Crippen LogP contribution in [-0.2, 0) is 6.54 Å². The average Bonchev–Trinajstić information content (AvgIpc) is 2.60. The fraction of sp³-hybridized carbons (Fsp3) is 0.273. The van der Waals surface area contributed by atoms with Crippen LogP contribution in [0, 0.1) is 13.8 Å². The van der Waals surface area contributed by atoms with Gasteiger partial charge in [-0.1, -0.05) is 55.8 Å². The predicted octanol–water partition coefficient (Wildman–Crippen LogP) is 5.57. The van der Waals surface area contributed by atoms with E-state index in [0.29, 0.717) is 11.9 Å². The van der Waals surface area contributed by atoms with Gasteiger partial charge in [-0.2, -0.15) is 4.98 Å². The summed E-state index contributed by atoms with van der Waals surface area (Å²) in [6, 6.07) is 18.8. The van der Waals surface area contributed by atoms with Gasteiger partial charge in [-0.25, -0.2) is 4.98 Å². The molecule has 0 fully saturated rings. The van der Waals surface area contributed by atoms with Gasteiger partial charge < -0.3 is 10.6 Å².